The number of carbonyl (C=O) groups excluding carboxylic acids is 1. The summed E-state index contributed by atoms with van der Waals surface area (Å²) in [6.07, 6.45) is 0.145. The molecule has 1 aliphatic heterocycles. The van der Waals surface area contributed by atoms with Gasteiger partial charge in [-0.2, -0.15) is 0 Å². The normalized spacial score (nSPS) is 14.9. The predicted octanol–water partition coefficient (Wildman–Crippen LogP) is 3.25. The van der Waals surface area contributed by atoms with Gasteiger partial charge in [0, 0.05) is 45.7 Å². The minimum atomic E-state index is -3.67. The second-order valence-electron chi connectivity index (χ2n) is 8.39. The van der Waals surface area contributed by atoms with Crippen molar-refractivity contribution in [2.45, 2.75) is 24.8 Å². The molecule has 4 rings (SSSR count). The Hall–Kier alpha value is -2.94. The van der Waals surface area contributed by atoms with Crippen LogP contribution in [0.5, 0.6) is 5.75 Å². The SMILES string of the molecule is CCOc1ccc(CN2CCN(C(=O)CCNS(=O)(=O)c3ccc4ccccc4c3)CC2)cc1. The molecular weight excluding hydrogens is 450 g/mol. The van der Waals surface area contributed by atoms with E-state index in [4.69, 9.17) is 4.74 Å². The zero-order valence-electron chi connectivity index (χ0n) is 19.4. The molecule has 0 aromatic heterocycles. The van der Waals surface area contributed by atoms with Gasteiger partial charge in [-0.05, 0) is 47.5 Å². The van der Waals surface area contributed by atoms with Gasteiger partial charge in [0.25, 0.3) is 0 Å². The van der Waals surface area contributed by atoms with E-state index in [-0.39, 0.29) is 23.8 Å². The molecule has 0 bridgehead atoms. The second-order valence-corrected chi connectivity index (χ2v) is 10.2. The standard InChI is InChI=1S/C26H31N3O4S/c1-2-33-24-10-7-21(8-11-24)20-28-15-17-29(18-16-28)26(30)13-14-27-34(31,32)25-12-9-22-5-3-4-6-23(22)19-25/h3-12,19,27H,2,13-18,20H2,1H3. The van der Waals surface area contributed by atoms with Crippen LogP contribution in [0.3, 0.4) is 0 Å². The van der Waals surface area contributed by atoms with E-state index >= 15 is 0 Å². The Morgan fingerprint density at radius 2 is 1.65 bits per heavy atom. The van der Waals surface area contributed by atoms with E-state index in [0.29, 0.717) is 19.7 Å². The van der Waals surface area contributed by atoms with Crippen molar-refractivity contribution in [1.29, 1.82) is 0 Å². The van der Waals surface area contributed by atoms with Crippen LogP contribution in [0, 0.1) is 0 Å². The van der Waals surface area contributed by atoms with Gasteiger partial charge in [-0.3, -0.25) is 9.69 Å². The van der Waals surface area contributed by atoms with Crippen LogP contribution in [0.25, 0.3) is 10.8 Å². The summed E-state index contributed by atoms with van der Waals surface area (Å²) in [5.41, 5.74) is 1.21. The molecule has 0 atom stereocenters. The Bertz CT molecular complexity index is 1220. The summed E-state index contributed by atoms with van der Waals surface area (Å²) in [7, 11) is -3.67. The number of sulfonamides is 1. The van der Waals surface area contributed by atoms with E-state index in [1.54, 1.807) is 18.2 Å². The molecule has 1 aliphatic rings. The van der Waals surface area contributed by atoms with Gasteiger partial charge < -0.3 is 9.64 Å². The van der Waals surface area contributed by atoms with Crippen LogP contribution in [0.2, 0.25) is 0 Å². The first-order valence-corrected chi connectivity index (χ1v) is 13.1. The highest BCUT2D eigenvalue weighted by atomic mass is 32.2. The molecule has 1 heterocycles. The monoisotopic (exact) mass is 481 g/mol. The van der Waals surface area contributed by atoms with E-state index in [0.717, 1.165) is 36.2 Å². The van der Waals surface area contributed by atoms with Crippen LogP contribution in [0.1, 0.15) is 18.9 Å². The number of amides is 1. The summed E-state index contributed by atoms with van der Waals surface area (Å²) in [6.45, 7) is 6.42. The number of nitrogens with one attached hydrogen (secondary N) is 1. The maximum atomic E-state index is 12.7. The Kier molecular flexibility index (Phi) is 7.82. The number of nitrogens with zero attached hydrogens (tertiary/aromatic N) is 2. The van der Waals surface area contributed by atoms with Crippen molar-refractivity contribution >= 4 is 26.7 Å². The molecule has 1 N–H and O–H groups in total. The summed E-state index contributed by atoms with van der Waals surface area (Å²) in [5, 5.41) is 1.85. The number of benzene rings is 3. The molecule has 0 unspecified atom stereocenters. The van der Waals surface area contributed by atoms with Gasteiger partial charge in [0.15, 0.2) is 0 Å². The lowest BCUT2D eigenvalue weighted by atomic mass is 10.1. The fourth-order valence-electron chi connectivity index (χ4n) is 4.14. The lowest BCUT2D eigenvalue weighted by molar-refractivity contribution is -0.132. The molecule has 180 valence electrons. The number of piperazine rings is 1. The minimum Gasteiger partial charge on any atom is -0.494 e. The Labute approximate surface area is 201 Å². The maximum absolute atomic E-state index is 12.7. The van der Waals surface area contributed by atoms with Gasteiger partial charge >= 0.3 is 0 Å². The number of hydrogen-bond acceptors (Lipinski definition) is 5. The van der Waals surface area contributed by atoms with Gasteiger partial charge in [-0.15, -0.1) is 0 Å². The average Bonchev–Trinajstić information content (AvgIpc) is 2.85. The Morgan fingerprint density at radius 1 is 0.941 bits per heavy atom. The number of carbonyl (C=O) groups is 1. The highest BCUT2D eigenvalue weighted by Crippen LogP contribution is 2.19. The van der Waals surface area contributed by atoms with Gasteiger partial charge in [0.2, 0.25) is 15.9 Å². The molecule has 0 spiro atoms. The molecule has 0 radical (unpaired) electrons. The van der Waals surface area contributed by atoms with Crippen LogP contribution in [-0.2, 0) is 21.4 Å². The van der Waals surface area contributed by atoms with E-state index < -0.39 is 10.0 Å². The van der Waals surface area contributed by atoms with Crippen molar-refractivity contribution in [2.24, 2.45) is 0 Å². The van der Waals surface area contributed by atoms with E-state index in [1.807, 2.05) is 48.2 Å². The lowest BCUT2D eigenvalue weighted by Crippen LogP contribution is -2.48. The first kappa shape index (κ1) is 24.2. The zero-order valence-corrected chi connectivity index (χ0v) is 20.3. The lowest BCUT2D eigenvalue weighted by Gasteiger charge is -2.34. The van der Waals surface area contributed by atoms with E-state index in [9.17, 15) is 13.2 Å². The fourth-order valence-corrected chi connectivity index (χ4v) is 5.21. The highest BCUT2D eigenvalue weighted by molar-refractivity contribution is 7.89. The molecule has 8 heteroatoms. The van der Waals surface area contributed by atoms with Gasteiger partial charge in [0.05, 0.1) is 11.5 Å². The largest absolute Gasteiger partial charge is 0.494 e. The van der Waals surface area contributed by atoms with Crippen LogP contribution < -0.4 is 9.46 Å². The first-order valence-electron chi connectivity index (χ1n) is 11.6. The Morgan fingerprint density at radius 3 is 2.35 bits per heavy atom. The molecule has 3 aromatic rings. The van der Waals surface area contributed by atoms with Crippen molar-refractivity contribution in [3.63, 3.8) is 0 Å². The Balaban J connectivity index is 1.22. The van der Waals surface area contributed by atoms with Crippen molar-refractivity contribution in [3.05, 3.63) is 72.3 Å². The third kappa shape index (κ3) is 6.14. The third-order valence-corrected chi connectivity index (χ3v) is 7.49. The number of ether oxygens (including phenoxy) is 1. The topological polar surface area (TPSA) is 79.0 Å². The van der Waals surface area contributed by atoms with Gasteiger partial charge in [-0.1, -0.05) is 42.5 Å². The van der Waals surface area contributed by atoms with E-state index in [2.05, 4.69) is 21.8 Å². The maximum Gasteiger partial charge on any atom is 0.240 e. The van der Waals surface area contributed by atoms with Crippen LogP contribution >= 0.6 is 0 Å². The number of fused-ring (bicyclic) bond motifs is 1. The summed E-state index contributed by atoms with van der Waals surface area (Å²) < 4.78 is 33.4. The number of rotatable bonds is 9. The van der Waals surface area contributed by atoms with E-state index in [1.165, 1.54) is 5.56 Å². The van der Waals surface area contributed by atoms with Crippen molar-refractivity contribution in [2.75, 3.05) is 39.3 Å². The second kappa shape index (κ2) is 11.0. The zero-order chi connectivity index (χ0) is 24.0. The molecule has 3 aromatic carbocycles. The summed E-state index contributed by atoms with van der Waals surface area (Å²) in [5.74, 6) is 0.847. The molecule has 1 saturated heterocycles. The molecule has 7 nitrogen and oxygen atoms in total. The first-order chi connectivity index (χ1) is 16.4. The van der Waals surface area contributed by atoms with Gasteiger partial charge in [0.1, 0.15) is 5.75 Å². The third-order valence-electron chi connectivity index (χ3n) is 6.03. The average molecular weight is 482 g/mol. The van der Waals surface area contributed by atoms with Crippen LogP contribution in [-0.4, -0.2) is 63.5 Å². The molecule has 0 saturated carbocycles. The van der Waals surface area contributed by atoms with Crippen LogP contribution in [0.15, 0.2) is 71.6 Å². The van der Waals surface area contributed by atoms with Crippen molar-refractivity contribution in [1.82, 2.24) is 14.5 Å². The minimum absolute atomic E-state index is 0.0260. The molecule has 1 fully saturated rings. The smallest absolute Gasteiger partial charge is 0.240 e. The summed E-state index contributed by atoms with van der Waals surface area (Å²) in [6, 6.07) is 20.8. The molecule has 1 amide bonds. The summed E-state index contributed by atoms with van der Waals surface area (Å²) in [4.78, 5) is 17.0. The summed E-state index contributed by atoms with van der Waals surface area (Å²) >= 11 is 0. The van der Waals surface area contributed by atoms with Crippen molar-refractivity contribution < 1.29 is 17.9 Å². The van der Waals surface area contributed by atoms with Crippen LogP contribution in [0.4, 0.5) is 0 Å². The molecule has 0 aliphatic carbocycles. The van der Waals surface area contributed by atoms with Gasteiger partial charge in [-0.25, -0.2) is 13.1 Å². The fraction of sp³-hybridized carbons (Fsp3) is 0.346. The van der Waals surface area contributed by atoms with Crippen molar-refractivity contribution in [3.8, 4) is 5.75 Å². The molecular formula is C26H31N3O4S. The predicted molar refractivity (Wildman–Crippen MR) is 133 cm³/mol. The molecule has 34 heavy (non-hydrogen) atoms. The highest BCUT2D eigenvalue weighted by Gasteiger charge is 2.22. The quantitative estimate of drug-likeness (QED) is 0.508. The number of hydrogen-bond donors (Lipinski definition) is 1.